The molecule has 9 heteroatoms. The van der Waals surface area contributed by atoms with Gasteiger partial charge in [0.25, 0.3) is 0 Å². The zero-order valence-electron chi connectivity index (χ0n) is 16.7. The van der Waals surface area contributed by atoms with Gasteiger partial charge in [-0.1, -0.05) is 0 Å². The fourth-order valence-electron chi connectivity index (χ4n) is 3.21. The van der Waals surface area contributed by atoms with E-state index in [1.807, 2.05) is 25.1 Å². The number of benzene rings is 1. The van der Waals surface area contributed by atoms with Crippen LogP contribution in [0.5, 0.6) is 0 Å². The summed E-state index contributed by atoms with van der Waals surface area (Å²) >= 11 is 0. The van der Waals surface area contributed by atoms with E-state index >= 15 is 0 Å². The molecule has 1 N–H and O–H groups in total. The van der Waals surface area contributed by atoms with Crippen LogP contribution in [0.3, 0.4) is 0 Å². The summed E-state index contributed by atoms with van der Waals surface area (Å²) in [6.07, 6.45) is 0.284. The van der Waals surface area contributed by atoms with Crippen molar-refractivity contribution in [1.29, 1.82) is 0 Å². The number of carbonyl (C=O) groups is 2. The highest BCUT2D eigenvalue weighted by molar-refractivity contribution is 5.96. The number of aliphatic hydroxyl groups excluding tert-OH is 1. The molecule has 1 aromatic carbocycles. The van der Waals surface area contributed by atoms with Gasteiger partial charge < -0.3 is 19.8 Å². The number of halogens is 1. The Labute approximate surface area is 168 Å². The fourth-order valence-corrected chi connectivity index (χ4v) is 3.21. The number of aliphatic hydroxyl groups is 1. The highest BCUT2D eigenvalue weighted by Crippen LogP contribution is 2.32. The highest BCUT2D eigenvalue weighted by Gasteiger charge is 2.33. The Morgan fingerprint density at radius 3 is 2.55 bits per heavy atom. The van der Waals surface area contributed by atoms with Crippen LogP contribution in [0.2, 0.25) is 0 Å². The van der Waals surface area contributed by atoms with E-state index in [-0.39, 0.29) is 30.6 Å². The molecule has 1 fully saturated rings. The summed E-state index contributed by atoms with van der Waals surface area (Å²) in [5, 5.41) is 9.03. The Kier molecular flexibility index (Phi) is 6.07. The zero-order chi connectivity index (χ0) is 21.1. The number of carbonyl (C=O) groups excluding carboxylic acids is 2. The van der Waals surface area contributed by atoms with Gasteiger partial charge in [-0.05, 0) is 24.3 Å². The van der Waals surface area contributed by atoms with Crippen molar-refractivity contribution in [3.63, 3.8) is 0 Å². The van der Waals surface area contributed by atoms with Crippen molar-refractivity contribution in [2.75, 3.05) is 44.1 Å². The Morgan fingerprint density at radius 2 is 1.93 bits per heavy atom. The van der Waals surface area contributed by atoms with Gasteiger partial charge in [0.05, 0.1) is 12.2 Å². The minimum atomic E-state index is -0.583. The number of anilines is 2. The van der Waals surface area contributed by atoms with Gasteiger partial charge in [0.15, 0.2) is 0 Å². The van der Waals surface area contributed by atoms with E-state index in [9.17, 15) is 14.0 Å². The van der Waals surface area contributed by atoms with Crippen LogP contribution in [-0.4, -0.2) is 66.1 Å². The van der Waals surface area contributed by atoms with Crippen molar-refractivity contribution in [2.24, 2.45) is 0 Å². The Balaban J connectivity index is 1.86. The lowest BCUT2D eigenvalue weighted by Crippen LogP contribution is -2.30. The van der Waals surface area contributed by atoms with Crippen LogP contribution in [0.1, 0.15) is 23.9 Å². The molecule has 0 saturated carbocycles. The summed E-state index contributed by atoms with van der Waals surface area (Å²) in [5.41, 5.74) is 1.36. The Hall–Kier alpha value is -3.07. The average Bonchev–Trinajstić information content (AvgIpc) is 3.09. The zero-order valence-corrected chi connectivity index (χ0v) is 16.7. The molecule has 0 aliphatic carbocycles. The van der Waals surface area contributed by atoms with E-state index in [0.717, 1.165) is 0 Å². The van der Waals surface area contributed by atoms with Crippen molar-refractivity contribution in [1.82, 2.24) is 14.9 Å². The number of hydrogen-bond donors (Lipinski definition) is 1. The predicted octanol–water partition coefficient (Wildman–Crippen LogP) is 1.15. The Bertz CT molecular complexity index is 903. The average molecular weight is 401 g/mol. The lowest BCUT2D eigenvalue weighted by molar-refractivity contribution is -0.133. The molecule has 2 heterocycles. The maximum Gasteiger partial charge on any atom is 0.248 e. The molecule has 8 nitrogen and oxygen atoms in total. The molecule has 29 heavy (non-hydrogen) atoms. The second kappa shape index (κ2) is 8.52. The lowest BCUT2D eigenvalue weighted by atomic mass is 10.0. The van der Waals surface area contributed by atoms with Crippen LogP contribution in [-0.2, 0) is 16.1 Å². The molecule has 0 spiro atoms. The van der Waals surface area contributed by atoms with Gasteiger partial charge in [0, 0.05) is 51.8 Å². The van der Waals surface area contributed by atoms with Gasteiger partial charge in [-0.3, -0.25) is 9.59 Å². The predicted molar refractivity (Wildman–Crippen MR) is 106 cm³/mol. The molecule has 0 radical (unpaired) electrons. The Morgan fingerprint density at radius 1 is 1.24 bits per heavy atom. The maximum absolute atomic E-state index is 13.2. The lowest BCUT2D eigenvalue weighted by Gasteiger charge is -2.20. The van der Waals surface area contributed by atoms with Crippen molar-refractivity contribution in [3.05, 3.63) is 47.7 Å². The summed E-state index contributed by atoms with van der Waals surface area (Å²) in [5.74, 6) is 0.122. The van der Waals surface area contributed by atoms with Crippen LogP contribution in [0.15, 0.2) is 30.3 Å². The van der Waals surface area contributed by atoms with Crippen LogP contribution in [0.25, 0.3) is 0 Å². The second-order valence-electron chi connectivity index (χ2n) is 7.25. The molecule has 1 atom stereocenters. The second-order valence-corrected chi connectivity index (χ2v) is 7.25. The van der Waals surface area contributed by atoms with Crippen molar-refractivity contribution < 1.29 is 19.1 Å². The van der Waals surface area contributed by atoms with E-state index in [4.69, 9.17) is 5.11 Å². The molecular weight excluding hydrogens is 377 g/mol. The van der Waals surface area contributed by atoms with Crippen molar-refractivity contribution in [2.45, 2.75) is 18.9 Å². The molecule has 1 aliphatic rings. The van der Waals surface area contributed by atoms with E-state index in [1.165, 1.54) is 17.0 Å². The first-order valence-corrected chi connectivity index (χ1v) is 9.24. The normalized spacial score (nSPS) is 16.2. The van der Waals surface area contributed by atoms with E-state index in [2.05, 4.69) is 9.97 Å². The van der Waals surface area contributed by atoms with Crippen LogP contribution in [0.4, 0.5) is 15.9 Å². The summed E-state index contributed by atoms with van der Waals surface area (Å²) in [6.45, 7) is -0.00387. The van der Waals surface area contributed by atoms with Gasteiger partial charge in [-0.15, -0.1) is 0 Å². The number of nitrogens with zero attached hydrogens (tertiary/aromatic N) is 5. The van der Waals surface area contributed by atoms with Crippen molar-refractivity contribution >= 4 is 23.3 Å². The molecule has 1 aliphatic heterocycles. The van der Waals surface area contributed by atoms with Gasteiger partial charge in [0.2, 0.25) is 11.8 Å². The third-order valence-electron chi connectivity index (χ3n) is 4.86. The number of rotatable bonds is 6. The van der Waals surface area contributed by atoms with Gasteiger partial charge >= 0.3 is 0 Å². The number of aromatic nitrogens is 2. The summed E-state index contributed by atoms with van der Waals surface area (Å²) in [7, 11) is 5.27. The smallest absolute Gasteiger partial charge is 0.248 e. The quantitative estimate of drug-likeness (QED) is 0.781. The highest BCUT2D eigenvalue weighted by atomic mass is 19.1. The van der Waals surface area contributed by atoms with Gasteiger partial charge in [0.1, 0.15) is 24.1 Å². The van der Waals surface area contributed by atoms with Crippen LogP contribution in [0, 0.1) is 5.82 Å². The minimum Gasteiger partial charge on any atom is -0.387 e. The van der Waals surface area contributed by atoms with E-state index in [0.29, 0.717) is 29.6 Å². The van der Waals surface area contributed by atoms with Gasteiger partial charge in [-0.25, -0.2) is 14.4 Å². The fraction of sp³-hybridized carbons (Fsp3) is 0.400. The minimum absolute atomic E-state index is 0.0549. The molecule has 1 aromatic heterocycles. The summed E-state index contributed by atoms with van der Waals surface area (Å²) in [6, 6.07) is 7.67. The molecule has 1 saturated heterocycles. The largest absolute Gasteiger partial charge is 0.387 e. The SMILES string of the molecule is CN(Cc1nc(C2CC(=O)N(c3ccc(F)cc3)C2)cc(N(C)C)n1)C(=O)CO. The number of likely N-dealkylation sites (N-methyl/N-ethyl adjacent to an activating group) is 1. The first-order chi connectivity index (χ1) is 13.8. The molecule has 0 bridgehead atoms. The molecule has 154 valence electrons. The first-order valence-electron chi connectivity index (χ1n) is 9.24. The maximum atomic E-state index is 13.2. The molecule has 3 rings (SSSR count). The standard InChI is InChI=1S/C20H24FN5O3/c1-24(2)18-9-16(22-17(23-18)11-25(3)20(29)12-27)13-8-19(28)26(10-13)15-6-4-14(21)5-7-15/h4-7,9,13,27H,8,10-12H2,1-3H3. The van der Waals surface area contributed by atoms with E-state index in [1.54, 1.807) is 24.1 Å². The van der Waals surface area contributed by atoms with E-state index < -0.39 is 12.5 Å². The third-order valence-corrected chi connectivity index (χ3v) is 4.86. The first kappa shape index (κ1) is 20.7. The molecule has 2 amide bonds. The summed E-state index contributed by atoms with van der Waals surface area (Å²) < 4.78 is 13.2. The molecule has 2 aromatic rings. The topological polar surface area (TPSA) is 89.9 Å². The number of hydrogen-bond acceptors (Lipinski definition) is 6. The van der Waals surface area contributed by atoms with Crippen LogP contribution < -0.4 is 9.80 Å². The van der Waals surface area contributed by atoms with Crippen LogP contribution >= 0.6 is 0 Å². The van der Waals surface area contributed by atoms with Gasteiger partial charge in [-0.2, -0.15) is 0 Å². The summed E-state index contributed by atoms with van der Waals surface area (Å²) in [4.78, 5) is 38.1. The third kappa shape index (κ3) is 4.68. The van der Waals surface area contributed by atoms with Crippen molar-refractivity contribution in [3.8, 4) is 0 Å². The molecular formula is C20H24FN5O3. The molecule has 1 unspecified atom stereocenters. The monoisotopic (exact) mass is 401 g/mol. The number of amides is 2.